The lowest BCUT2D eigenvalue weighted by Crippen LogP contribution is -2.38. The number of amides is 1. The summed E-state index contributed by atoms with van der Waals surface area (Å²) in [6.45, 7) is 7.30. The first kappa shape index (κ1) is 15.5. The zero-order valence-corrected chi connectivity index (χ0v) is 14.5. The number of aromatic nitrogens is 1. The van der Waals surface area contributed by atoms with Crippen LogP contribution in [0.25, 0.3) is 0 Å². The maximum atomic E-state index is 12.3. The van der Waals surface area contributed by atoms with Gasteiger partial charge in [0.25, 0.3) is 0 Å². The van der Waals surface area contributed by atoms with Gasteiger partial charge in [-0.3, -0.25) is 9.69 Å². The fourth-order valence-corrected chi connectivity index (χ4v) is 4.76. The molecule has 3 aliphatic rings. The molecule has 0 aromatic carbocycles. The molecule has 3 fully saturated rings. The lowest BCUT2D eigenvalue weighted by atomic mass is 9.78. The van der Waals surface area contributed by atoms with Crippen LogP contribution in [-0.4, -0.2) is 48.6 Å². The van der Waals surface area contributed by atoms with Crippen LogP contribution >= 0.6 is 11.3 Å². The summed E-state index contributed by atoms with van der Waals surface area (Å²) in [4.78, 5) is 19.4. The van der Waals surface area contributed by atoms with Crippen LogP contribution in [0.2, 0.25) is 0 Å². The molecule has 1 amide bonds. The third-order valence-corrected chi connectivity index (χ3v) is 6.37. The predicted molar refractivity (Wildman–Crippen MR) is 89.2 cm³/mol. The summed E-state index contributed by atoms with van der Waals surface area (Å²) in [5.41, 5.74) is 1.11. The second-order valence-electron chi connectivity index (χ2n) is 7.55. The Morgan fingerprint density at radius 2 is 2.43 bits per heavy atom. The van der Waals surface area contributed by atoms with Crippen molar-refractivity contribution in [1.82, 2.24) is 15.2 Å². The molecule has 126 valence electrons. The van der Waals surface area contributed by atoms with Crippen molar-refractivity contribution >= 4 is 17.2 Å². The number of nitrogens with one attached hydrogen (secondary N) is 1. The highest BCUT2D eigenvalue weighted by atomic mass is 32.1. The van der Waals surface area contributed by atoms with Gasteiger partial charge < -0.3 is 10.1 Å². The molecule has 3 heterocycles. The number of likely N-dealkylation sites (tertiary alicyclic amines) is 1. The fraction of sp³-hybridized carbons (Fsp3) is 0.765. The molecule has 6 heteroatoms. The van der Waals surface area contributed by atoms with Crippen LogP contribution in [0.4, 0.5) is 0 Å². The third kappa shape index (κ3) is 3.44. The average Bonchev–Trinajstić information content (AvgIpc) is 3.01. The van der Waals surface area contributed by atoms with E-state index in [0.717, 1.165) is 51.0 Å². The molecule has 23 heavy (non-hydrogen) atoms. The Morgan fingerprint density at radius 3 is 3.17 bits per heavy atom. The van der Waals surface area contributed by atoms with Gasteiger partial charge in [0.2, 0.25) is 5.91 Å². The van der Waals surface area contributed by atoms with Crippen LogP contribution in [0.1, 0.15) is 30.0 Å². The Morgan fingerprint density at radius 1 is 1.57 bits per heavy atom. The number of carbonyl (C=O) groups excluding carboxylic acids is 1. The van der Waals surface area contributed by atoms with Crippen molar-refractivity contribution in [3.63, 3.8) is 0 Å². The zero-order valence-electron chi connectivity index (χ0n) is 13.7. The molecular formula is C17H25N3O2S. The maximum absolute atomic E-state index is 12.3. The molecule has 0 spiro atoms. The predicted octanol–water partition coefficient (Wildman–Crippen LogP) is 1.82. The van der Waals surface area contributed by atoms with E-state index in [1.165, 1.54) is 17.8 Å². The van der Waals surface area contributed by atoms with Gasteiger partial charge in [-0.1, -0.05) is 0 Å². The third-order valence-electron chi connectivity index (χ3n) is 5.41. The SMILES string of the molecule is Cc1csc(CN2C[C@H]3COC[C@@]3(CC(=O)NCC3CC3)C2)n1. The molecule has 2 saturated heterocycles. The molecule has 0 unspecified atom stereocenters. The van der Waals surface area contributed by atoms with Crippen molar-refractivity contribution in [2.45, 2.75) is 32.7 Å². The molecule has 4 rings (SSSR count). The molecule has 5 nitrogen and oxygen atoms in total. The van der Waals surface area contributed by atoms with E-state index < -0.39 is 0 Å². The number of hydrogen-bond donors (Lipinski definition) is 1. The number of thiazole rings is 1. The summed E-state index contributed by atoms with van der Waals surface area (Å²) in [5.74, 6) is 1.43. The number of ether oxygens (including phenoxy) is 1. The number of rotatable bonds is 6. The number of hydrogen-bond acceptors (Lipinski definition) is 5. The van der Waals surface area contributed by atoms with E-state index in [-0.39, 0.29) is 11.3 Å². The molecule has 0 radical (unpaired) electrons. The Balaban J connectivity index is 1.36. The van der Waals surface area contributed by atoms with Gasteiger partial charge in [-0.05, 0) is 25.7 Å². The van der Waals surface area contributed by atoms with Crippen LogP contribution in [0, 0.1) is 24.2 Å². The first-order valence-electron chi connectivity index (χ1n) is 8.61. The second-order valence-corrected chi connectivity index (χ2v) is 8.49. The molecule has 1 aromatic rings. The van der Waals surface area contributed by atoms with Gasteiger partial charge in [-0.25, -0.2) is 4.98 Å². The van der Waals surface area contributed by atoms with Gasteiger partial charge in [-0.15, -0.1) is 11.3 Å². The van der Waals surface area contributed by atoms with Crippen molar-refractivity contribution < 1.29 is 9.53 Å². The Kier molecular flexibility index (Phi) is 4.15. The van der Waals surface area contributed by atoms with Crippen LogP contribution in [0.15, 0.2) is 5.38 Å². The number of aryl methyl sites for hydroxylation is 1. The van der Waals surface area contributed by atoms with E-state index in [0.29, 0.717) is 12.3 Å². The first-order valence-corrected chi connectivity index (χ1v) is 9.49. The topological polar surface area (TPSA) is 54.5 Å². The fourth-order valence-electron chi connectivity index (χ4n) is 3.94. The van der Waals surface area contributed by atoms with Gasteiger partial charge in [0.15, 0.2) is 0 Å². The Hall–Kier alpha value is -0.980. The maximum Gasteiger partial charge on any atom is 0.220 e. The summed E-state index contributed by atoms with van der Waals surface area (Å²) in [7, 11) is 0. The summed E-state index contributed by atoms with van der Waals surface area (Å²) in [5, 5.41) is 6.41. The minimum Gasteiger partial charge on any atom is -0.380 e. The van der Waals surface area contributed by atoms with E-state index >= 15 is 0 Å². The summed E-state index contributed by atoms with van der Waals surface area (Å²) < 4.78 is 5.74. The molecular weight excluding hydrogens is 310 g/mol. The Bertz CT molecular complexity index is 586. The normalized spacial score (nSPS) is 30.6. The summed E-state index contributed by atoms with van der Waals surface area (Å²) in [6, 6.07) is 0. The van der Waals surface area contributed by atoms with Crippen molar-refractivity contribution in [3.8, 4) is 0 Å². The molecule has 2 atom stereocenters. The van der Waals surface area contributed by atoms with Crippen LogP contribution in [-0.2, 0) is 16.1 Å². The number of fused-ring (bicyclic) bond motifs is 1. The summed E-state index contributed by atoms with van der Waals surface area (Å²) >= 11 is 1.73. The van der Waals surface area contributed by atoms with E-state index in [9.17, 15) is 4.79 Å². The first-order chi connectivity index (χ1) is 11.1. The standard InChI is InChI=1S/C17H25N3O2S/c1-12-9-23-16(19-12)7-20-6-14-8-22-11-17(14,10-20)4-15(21)18-5-13-2-3-13/h9,13-14H,2-8,10-11H2,1H3,(H,18,21)/t14-,17+/m0/s1. The van der Waals surface area contributed by atoms with E-state index in [2.05, 4.69) is 20.6 Å². The smallest absolute Gasteiger partial charge is 0.220 e. The molecule has 1 aromatic heterocycles. The average molecular weight is 335 g/mol. The molecule has 1 aliphatic carbocycles. The van der Waals surface area contributed by atoms with Gasteiger partial charge in [0.05, 0.1) is 19.8 Å². The highest BCUT2D eigenvalue weighted by Crippen LogP contribution is 2.44. The largest absolute Gasteiger partial charge is 0.380 e. The second kappa shape index (κ2) is 6.15. The molecule has 2 aliphatic heterocycles. The molecule has 0 bridgehead atoms. The minimum absolute atomic E-state index is 0.0138. The number of carbonyl (C=O) groups is 1. The monoisotopic (exact) mass is 335 g/mol. The van der Waals surface area contributed by atoms with Crippen molar-refractivity contribution in [2.24, 2.45) is 17.3 Å². The van der Waals surface area contributed by atoms with E-state index in [4.69, 9.17) is 4.74 Å². The minimum atomic E-state index is 0.0138. The van der Waals surface area contributed by atoms with E-state index in [1.807, 2.05) is 6.92 Å². The lowest BCUT2D eigenvalue weighted by Gasteiger charge is -2.26. The lowest BCUT2D eigenvalue weighted by molar-refractivity contribution is -0.123. The van der Waals surface area contributed by atoms with Gasteiger partial charge >= 0.3 is 0 Å². The van der Waals surface area contributed by atoms with Crippen molar-refractivity contribution in [2.75, 3.05) is 32.8 Å². The number of nitrogens with zero attached hydrogens (tertiary/aromatic N) is 2. The van der Waals surface area contributed by atoms with Crippen molar-refractivity contribution in [3.05, 3.63) is 16.1 Å². The van der Waals surface area contributed by atoms with Crippen LogP contribution < -0.4 is 5.32 Å². The van der Waals surface area contributed by atoms with Crippen LogP contribution in [0.3, 0.4) is 0 Å². The zero-order chi connectivity index (χ0) is 15.9. The van der Waals surface area contributed by atoms with E-state index in [1.54, 1.807) is 11.3 Å². The van der Waals surface area contributed by atoms with Gasteiger partial charge in [0, 0.05) is 48.5 Å². The summed E-state index contributed by atoms with van der Waals surface area (Å²) in [6.07, 6.45) is 3.16. The van der Waals surface area contributed by atoms with Gasteiger partial charge in [0.1, 0.15) is 5.01 Å². The Labute approximate surface area is 141 Å². The van der Waals surface area contributed by atoms with Gasteiger partial charge in [-0.2, -0.15) is 0 Å². The van der Waals surface area contributed by atoms with Crippen LogP contribution in [0.5, 0.6) is 0 Å². The molecule has 1 saturated carbocycles. The quantitative estimate of drug-likeness (QED) is 0.861. The molecule has 1 N–H and O–H groups in total. The highest BCUT2D eigenvalue weighted by molar-refractivity contribution is 7.09. The highest BCUT2D eigenvalue weighted by Gasteiger charge is 2.51. The van der Waals surface area contributed by atoms with Crippen molar-refractivity contribution in [1.29, 1.82) is 0 Å².